The summed E-state index contributed by atoms with van der Waals surface area (Å²) in [6, 6.07) is 0. The molecular formula is C27H52N2O8. The van der Waals surface area contributed by atoms with Gasteiger partial charge in [-0.15, -0.1) is 0 Å². The lowest BCUT2D eigenvalue weighted by Crippen LogP contribution is -2.34. The fourth-order valence-electron chi connectivity index (χ4n) is 2.97. The Kier molecular flexibility index (Phi) is 20.3. The van der Waals surface area contributed by atoms with Gasteiger partial charge in [-0.2, -0.15) is 0 Å². The Balaban J connectivity index is 0. The molecule has 0 rings (SSSR count). The van der Waals surface area contributed by atoms with Gasteiger partial charge in [-0.25, -0.2) is 9.59 Å². The summed E-state index contributed by atoms with van der Waals surface area (Å²) in [6.07, 6.45) is 7.89. The average molecular weight is 533 g/mol. The maximum atomic E-state index is 11.9. The molecule has 218 valence electrons. The second-order valence-corrected chi connectivity index (χ2v) is 10.9. The van der Waals surface area contributed by atoms with Crippen LogP contribution in [0.5, 0.6) is 0 Å². The van der Waals surface area contributed by atoms with Gasteiger partial charge in [-0.05, 0) is 60.8 Å². The highest BCUT2D eigenvalue weighted by molar-refractivity contribution is 5.72. The van der Waals surface area contributed by atoms with Gasteiger partial charge in [-0.1, -0.05) is 46.0 Å². The lowest BCUT2D eigenvalue weighted by atomic mass is 10.1. The first-order valence-corrected chi connectivity index (χ1v) is 13.4. The molecule has 1 unspecified atom stereocenters. The first-order chi connectivity index (χ1) is 17.1. The van der Waals surface area contributed by atoms with Crippen LogP contribution >= 0.6 is 0 Å². The van der Waals surface area contributed by atoms with E-state index in [1.165, 1.54) is 25.7 Å². The highest BCUT2D eigenvalue weighted by atomic mass is 16.6. The van der Waals surface area contributed by atoms with Crippen molar-refractivity contribution in [3.8, 4) is 0 Å². The van der Waals surface area contributed by atoms with Crippen molar-refractivity contribution in [3.63, 3.8) is 0 Å². The van der Waals surface area contributed by atoms with Gasteiger partial charge in [0.2, 0.25) is 0 Å². The minimum absolute atomic E-state index is 0.00523. The number of esters is 1. The lowest BCUT2D eigenvalue weighted by Gasteiger charge is -2.20. The molecule has 0 saturated carbocycles. The average Bonchev–Trinajstić information content (AvgIpc) is 2.71. The Morgan fingerprint density at radius 2 is 1.19 bits per heavy atom. The van der Waals surface area contributed by atoms with Crippen LogP contribution in [0.4, 0.5) is 9.59 Å². The van der Waals surface area contributed by atoms with E-state index in [4.69, 9.17) is 19.3 Å². The van der Waals surface area contributed by atoms with Gasteiger partial charge in [0, 0.05) is 13.1 Å². The maximum Gasteiger partial charge on any atom is 0.407 e. The third kappa shape index (κ3) is 29.6. The molecule has 0 aromatic carbocycles. The number of rotatable bonds is 15. The molecule has 0 heterocycles. The monoisotopic (exact) mass is 532 g/mol. The van der Waals surface area contributed by atoms with E-state index in [2.05, 4.69) is 24.5 Å². The van der Waals surface area contributed by atoms with Crippen LogP contribution < -0.4 is 10.6 Å². The van der Waals surface area contributed by atoms with Crippen LogP contribution in [0.25, 0.3) is 0 Å². The normalized spacial score (nSPS) is 11.9. The number of carboxylic acid groups (broad SMARTS) is 1. The molecule has 0 aliphatic heterocycles. The van der Waals surface area contributed by atoms with Crippen molar-refractivity contribution >= 4 is 24.1 Å². The van der Waals surface area contributed by atoms with E-state index in [1.807, 2.05) is 0 Å². The zero-order valence-corrected chi connectivity index (χ0v) is 24.4. The molecule has 37 heavy (non-hydrogen) atoms. The second kappa shape index (κ2) is 20.5. The summed E-state index contributed by atoms with van der Waals surface area (Å²) < 4.78 is 15.5. The van der Waals surface area contributed by atoms with E-state index in [-0.39, 0.29) is 38.0 Å². The topological polar surface area (TPSA) is 140 Å². The van der Waals surface area contributed by atoms with E-state index in [0.29, 0.717) is 0 Å². The highest BCUT2D eigenvalue weighted by Crippen LogP contribution is 2.14. The van der Waals surface area contributed by atoms with Crippen LogP contribution in [0.2, 0.25) is 0 Å². The SMILES string of the molecule is CC(C)(C)OC(=O)NCCC(=O)O.CCCCCCCC(CCC)OC(=O)CCNC(=O)OC(C)(C)C. The van der Waals surface area contributed by atoms with Crippen molar-refractivity contribution in [1.29, 1.82) is 0 Å². The van der Waals surface area contributed by atoms with Crippen molar-refractivity contribution in [2.24, 2.45) is 0 Å². The zero-order chi connectivity index (χ0) is 28.9. The molecule has 0 saturated heterocycles. The highest BCUT2D eigenvalue weighted by Gasteiger charge is 2.18. The largest absolute Gasteiger partial charge is 0.481 e. The van der Waals surface area contributed by atoms with Crippen molar-refractivity contribution in [3.05, 3.63) is 0 Å². The molecule has 0 radical (unpaired) electrons. The molecule has 0 aliphatic rings. The summed E-state index contributed by atoms with van der Waals surface area (Å²) in [5, 5.41) is 13.2. The van der Waals surface area contributed by atoms with Gasteiger partial charge in [0.1, 0.15) is 17.3 Å². The molecule has 2 amide bonds. The Morgan fingerprint density at radius 3 is 1.62 bits per heavy atom. The fraction of sp³-hybridized carbons (Fsp3) is 0.852. The third-order valence-electron chi connectivity index (χ3n) is 4.54. The van der Waals surface area contributed by atoms with Crippen LogP contribution in [-0.2, 0) is 23.8 Å². The van der Waals surface area contributed by atoms with Crippen LogP contribution in [0.15, 0.2) is 0 Å². The van der Waals surface area contributed by atoms with Gasteiger partial charge >= 0.3 is 24.1 Å². The van der Waals surface area contributed by atoms with Gasteiger partial charge in [-0.3, -0.25) is 9.59 Å². The molecule has 0 aromatic rings. The predicted molar refractivity (Wildman–Crippen MR) is 144 cm³/mol. The zero-order valence-electron chi connectivity index (χ0n) is 24.4. The van der Waals surface area contributed by atoms with Crippen LogP contribution in [0, 0.1) is 0 Å². The van der Waals surface area contributed by atoms with E-state index in [9.17, 15) is 19.2 Å². The van der Waals surface area contributed by atoms with Gasteiger partial charge < -0.3 is 30.0 Å². The molecular weight excluding hydrogens is 480 g/mol. The fourth-order valence-corrected chi connectivity index (χ4v) is 2.97. The van der Waals surface area contributed by atoms with E-state index < -0.39 is 29.4 Å². The second-order valence-electron chi connectivity index (χ2n) is 10.9. The van der Waals surface area contributed by atoms with Crippen molar-refractivity contribution in [2.45, 2.75) is 137 Å². The summed E-state index contributed by atoms with van der Waals surface area (Å²) in [5.74, 6) is -1.20. The summed E-state index contributed by atoms with van der Waals surface area (Å²) in [4.78, 5) is 44.4. The number of unbranched alkanes of at least 4 members (excludes halogenated alkanes) is 4. The number of nitrogens with one attached hydrogen (secondary N) is 2. The number of carbonyl (C=O) groups is 4. The van der Waals surface area contributed by atoms with Crippen LogP contribution in [0.1, 0.15) is 120 Å². The number of alkyl carbamates (subject to hydrolysis) is 2. The molecule has 10 nitrogen and oxygen atoms in total. The molecule has 0 bridgehead atoms. The van der Waals surface area contributed by atoms with Crippen LogP contribution in [0.3, 0.4) is 0 Å². The predicted octanol–water partition coefficient (Wildman–Crippen LogP) is 5.96. The Morgan fingerprint density at radius 1 is 0.703 bits per heavy atom. The molecule has 3 N–H and O–H groups in total. The number of hydrogen-bond acceptors (Lipinski definition) is 7. The summed E-state index contributed by atoms with van der Waals surface area (Å²) in [5.41, 5.74) is -1.08. The quantitative estimate of drug-likeness (QED) is 0.133. The van der Waals surface area contributed by atoms with Gasteiger partial charge in [0.15, 0.2) is 0 Å². The molecule has 1 atom stereocenters. The summed E-state index contributed by atoms with van der Waals surface area (Å²) in [7, 11) is 0. The third-order valence-corrected chi connectivity index (χ3v) is 4.54. The van der Waals surface area contributed by atoms with Crippen molar-refractivity contribution in [2.75, 3.05) is 13.1 Å². The molecule has 0 fully saturated rings. The maximum absolute atomic E-state index is 11.9. The number of aliphatic carboxylic acids is 1. The number of carboxylic acids is 1. The number of amides is 2. The standard InChI is InChI=1S/C19H37NO4.C8H15NO4/c1-6-8-9-10-11-13-16(12-7-2)23-17(21)14-15-20-18(22)24-19(3,4)5;1-8(2,3)13-7(12)9-5-4-6(10)11/h16H,6-15H2,1-5H3,(H,20,22);4-5H2,1-3H3,(H,9,12)(H,10,11). The number of ether oxygens (including phenoxy) is 3. The van der Waals surface area contributed by atoms with Crippen molar-refractivity contribution in [1.82, 2.24) is 10.6 Å². The minimum Gasteiger partial charge on any atom is -0.481 e. The molecule has 0 spiro atoms. The molecule has 10 heteroatoms. The lowest BCUT2D eigenvalue weighted by molar-refractivity contribution is -0.149. The Hall–Kier alpha value is -2.52. The summed E-state index contributed by atoms with van der Waals surface area (Å²) in [6.45, 7) is 15.3. The Bertz CT molecular complexity index is 654. The van der Waals surface area contributed by atoms with E-state index >= 15 is 0 Å². The Labute approximate surface area is 223 Å². The number of hydrogen-bond donors (Lipinski definition) is 3. The minimum atomic E-state index is -0.948. The van der Waals surface area contributed by atoms with E-state index in [1.54, 1.807) is 41.5 Å². The van der Waals surface area contributed by atoms with E-state index in [0.717, 1.165) is 25.7 Å². The number of carbonyl (C=O) groups excluding carboxylic acids is 3. The van der Waals surface area contributed by atoms with Crippen molar-refractivity contribution < 1.29 is 38.5 Å². The molecule has 0 aromatic heterocycles. The summed E-state index contributed by atoms with van der Waals surface area (Å²) >= 11 is 0. The van der Waals surface area contributed by atoms with Crippen LogP contribution in [-0.4, -0.2) is 59.6 Å². The first kappa shape index (κ1) is 36.6. The van der Waals surface area contributed by atoms with Gasteiger partial charge in [0.05, 0.1) is 12.8 Å². The smallest absolute Gasteiger partial charge is 0.407 e. The molecule has 0 aliphatic carbocycles. The van der Waals surface area contributed by atoms with Gasteiger partial charge in [0.25, 0.3) is 0 Å². The first-order valence-electron chi connectivity index (χ1n) is 13.4.